The number of rotatable bonds is 9. The highest BCUT2D eigenvalue weighted by Gasteiger charge is 2.36. The van der Waals surface area contributed by atoms with Gasteiger partial charge in [0.1, 0.15) is 4.90 Å². The van der Waals surface area contributed by atoms with Gasteiger partial charge in [-0.25, -0.2) is 8.42 Å². The maximum absolute atomic E-state index is 12.8. The number of aryl methyl sites for hydroxylation is 1. The van der Waals surface area contributed by atoms with Crippen molar-refractivity contribution < 1.29 is 17.7 Å². The zero-order valence-electron chi connectivity index (χ0n) is 16.9. The molecule has 2 fully saturated rings. The molecule has 2 aromatic rings. The fraction of sp³-hybridized carbons (Fsp3) is 0.737. The van der Waals surface area contributed by atoms with Gasteiger partial charge in [-0.15, -0.1) is 0 Å². The second-order valence-corrected chi connectivity index (χ2v) is 9.84. The van der Waals surface area contributed by atoms with Gasteiger partial charge in [0.2, 0.25) is 15.9 Å². The molecule has 0 aromatic carbocycles. The summed E-state index contributed by atoms with van der Waals surface area (Å²) < 4.78 is 39.9. The molecule has 1 aliphatic carbocycles. The summed E-state index contributed by atoms with van der Waals surface area (Å²) in [6.07, 6.45) is 9.43. The third-order valence-electron chi connectivity index (χ3n) is 5.85. The van der Waals surface area contributed by atoms with Crippen LogP contribution in [0.1, 0.15) is 56.7 Å². The van der Waals surface area contributed by atoms with Gasteiger partial charge in [-0.1, -0.05) is 18.0 Å². The van der Waals surface area contributed by atoms with E-state index < -0.39 is 10.0 Å². The first-order valence-electron chi connectivity index (χ1n) is 10.5. The molecule has 9 nitrogen and oxygen atoms in total. The Balaban J connectivity index is 1.29. The van der Waals surface area contributed by atoms with E-state index in [9.17, 15) is 8.42 Å². The van der Waals surface area contributed by atoms with Crippen molar-refractivity contribution in [3.8, 4) is 0 Å². The summed E-state index contributed by atoms with van der Waals surface area (Å²) in [6.45, 7) is 4.73. The van der Waals surface area contributed by atoms with Crippen molar-refractivity contribution >= 4 is 10.0 Å². The summed E-state index contributed by atoms with van der Waals surface area (Å²) in [5.74, 6) is 1.76. The van der Waals surface area contributed by atoms with Crippen LogP contribution in [0.15, 0.2) is 21.8 Å². The van der Waals surface area contributed by atoms with E-state index in [0.717, 1.165) is 6.61 Å². The molecule has 3 heterocycles. The zero-order valence-corrected chi connectivity index (χ0v) is 17.7. The fourth-order valence-corrected chi connectivity index (χ4v) is 5.53. The molecule has 160 valence electrons. The number of nitrogens with zero attached hydrogens (tertiary/aromatic N) is 5. The Hall–Kier alpha value is -1.78. The van der Waals surface area contributed by atoms with E-state index in [1.54, 1.807) is 10.9 Å². The number of aromatic nitrogens is 4. The normalized spacial score (nSPS) is 21.3. The Labute approximate surface area is 171 Å². The minimum atomic E-state index is -3.55. The molecular formula is C19H29N5O4S. The maximum Gasteiger partial charge on any atom is 0.246 e. The van der Waals surface area contributed by atoms with Crippen molar-refractivity contribution in [3.63, 3.8) is 0 Å². The van der Waals surface area contributed by atoms with Crippen LogP contribution in [0.2, 0.25) is 0 Å². The van der Waals surface area contributed by atoms with Gasteiger partial charge in [-0.3, -0.25) is 4.68 Å². The summed E-state index contributed by atoms with van der Waals surface area (Å²) >= 11 is 0. The molecule has 0 spiro atoms. The van der Waals surface area contributed by atoms with E-state index in [4.69, 9.17) is 9.26 Å². The number of hydrogen-bond acceptors (Lipinski definition) is 7. The molecule has 0 amide bonds. The van der Waals surface area contributed by atoms with Gasteiger partial charge < -0.3 is 9.26 Å². The molecule has 0 bridgehead atoms. The predicted octanol–water partition coefficient (Wildman–Crippen LogP) is 2.21. The quantitative estimate of drug-likeness (QED) is 0.570. The fourth-order valence-electron chi connectivity index (χ4n) is 4.07. The highest BCUT2D eigenvalue weighted by molar-refractivity contribution is 7.89. The third-order valence-corrected chi connectivity index (χ3v) is 7.67. The standard InChI is InChI=1S/C19H29N5O4S/c1-2-23-13-17(11-20-23)29(25,26)24-9-7-16(12-24)19-21-18(22-28-19)8-10-27-14-15-5-3-4-6-15/h11,13,15-16H,2-10,12,14H2,1H3. The van der Waals surface area contributed by atoms with Crippen molar-refractivity contribution in [2.45, 2.75) is 62.8 Å². The minimum absolute atomic E-state index is 0.0772. The van der Waals surface area contributed by atoms with E-state index >= 15 is 0 Å². The number of sulfonamides is 1. The van der Waals surface area contributed by atoms with Gasteiger partial charge in [0.25, 0.3) is 0 Å². The van der Waals surface area contributed by atoms with Crippen LogP contribution in [-0.4, -0.2) is 58.9 Å². The molecule has 1 atom stereocenters. The number of ether oxygens (including phenoxy) is 1. The van der Waals surface area contributed by atoms with E-state index in [0.29, 0.717) is 56.7 Å². The maximum atomic E-state index is 12.8. The Morgan fingerprint density at radius 3 is 2.86 bits per heavy atom. The van der Waals surface area contributed by atoms with Gasteiger partial charge >= 0.3 is 0 Å². The largest absolute Gasteiger partial charge is 0.381 e. The number of hydrogen-bond donors (Lipinski definition) is 0. The topological polar surface area (TPSA) is 103 Å². The molecule has 0 N–H and O–H groups in total. The van der Waals surface area contributed by atoms with Crippen LogP contribution in [0, 0.1) is 5.92 Å². The van der Waals surface area contributed by atoms with Crippen molar-refractivity contribution in [2.75, 3.05) is 26.3 Å². The Morgan fingerprint density at radius 2 is 2.10 bits per heavy atom. The zero-order chi connectivity index (χ0) is 20.3. The molecule has 1 aliphatic heterocycles. The third kappa shape index (κ3) is 4.70. The molecule has 2 aromatic heterocycles. The highest BCUT2D eigenvalue weighted by atomic mass is 32.2. The molecule has 10 heteroatoms. The summed E-state index contributed by atoms with van der Waals surface area (Å²) in [4.78, 5) is 4.70. The smallest absolute Gasteiger partial charge is 0.246 e. The Bertz CT molecular complexity index is 903. The van der Waals surface area contributed by atoms with E-state index in [1.165, 1.54) is 36.2 Å². The molecule has 1 saturated carbocycles. The van der Waals surface area contributed by atoms with Gasteiger partial charge in [-0.2, -0.15) is 14.4 Å². The lowest BCUT2D eigenvalue weighted by Crippen LogP contribution is -2.28. The van der Waals surface area contributed by atoms with Crippen molar-refractivity contribution in [1.82, 2.24) is 24.2 Å². The van der Waals surface area contributed by atoms with Gasteiger partial charge in [0.05, 0.1) is 18.7 Å². The second-order valence-electron chi connectivity index (χ2n) is 7.90. The molecule has 29 heavy (non-hydrogen) atoms. The minimum Gasteiger partial charge on any atom is -0.381 e. The SMILES string of the molecule is CCn1cc(S(=O)(=O)N2CCC(c3nc(CCOCC4CCCC4)no3)C2)cn1. The lowest BCUT2D eigenvalue weighted by atomic mass is 10.1. The average molecular weight is 424 g/mol. The lowest BCUT2D eigenvalue weighted by molar-refractivity contribution is 0.102. The predicted molar refractivity (Wildman–Crippen MR) is 105 cm³/mol. The first kappa shape index (κ1) is 20.5. The molecule has 0 radical (unpaired) electrons. The van der Waals surface area contributed by atoms with Crippen molar-refractivity contribution in [3.05, 3.63) is 24.1 Å². The van der Waals surface area contributed by atoms with Crippen molar-refractivity contribution in [1.29, 1.82) is 0 Å². The highest BCUT2D eigenvalue weighted by Crippen LogP contribution is 2.30. The molecular weight excluding hydrogens is 394 g/mol. The lowest BCUT2D eigenvalue weighted by Gasteiger charge is -2.14. The second kappa shape index (κ2) is 8.93. The van der Waals surface area contributed by atoms with Gasteiger partial charge in [0.15, 0.2) is 5.82 Å². The first-order chi connectivity index (χ1) is 14.1. The van der Waals surface area contributed by atoms with E-state index in [-0.39, 0.29) is 10.8 Å². The molecule has 1 unspecified atom stereocenters. The Kier molecular flexibility index (Phi) is 6.31. The van der Waals surface area contributed by atoms with Crippen LogP contribution in [0.5, 0.6) is 0 Å². The average Bonchev–Trinajstić information content (AvgIpc) is 3.51. The van der Waals surface area contributed by atoms with Crippen LogP contribution in [0.4, 0.5) is 0 Å². The van der Waals surface area contributed by atoms with E-state index in [1.807, 2.05) is 6.92 Å². The first-order valence-corrected chi connectivity index (χ1v) is 11.9. The van der Waals surface area contributed by atoms with Crippen LogP contribution in [0.25, 0.3) is 0 Å². The Morgan fingerprint density at radius 1 is 1.28 bits per heavy atom. The molecule has 1 saturated heterocycles. The molecule has 4 rings (SSSR count). The van der Waals surface area contributed by atoms with Crippen LogP contribution < -0.4 is 0 Å². The van der Waals surface area contributed by atoms with Gasteiger partial charge in [-0.05, 0) is 32.1 Å². The summed E-state index contributed by atoms with van der Waals surface area (Å²) in [5, 5.41) is 8.11. The monoisotopic (exact) mass is 423 g/mol. The van der Waals surface area contributed by atoms with Crippen LogP contribution >= 0.6 is 0 Å². The summed E-state index contributed by atoms with van der Waals surface area (Å²) in [5.41, 5.74) is 0. The van der Waals surface area contributed by atoms with E-state index in [2.05, 4.69) is 15.2 Å². The van der Waals surface area contributed by atoms with Gasteiger partial charge in [0, 0.05) is 38.9 Å². The van der Waals surface area contributed by atoms with Crippen LogP contribution in [0.3, 0.4) is 0 Å². The summed E-state index contributed by atoms with van der Waals surface area (Å²) in [7, 11) is -3.55. The van der Waals surface area contributed by atoms with Crippen LogP contribution in [-0.2, 0) is 27.7 Å². The van der Waals surface area contributed by atoms with Crippen molar-refractivity contribution in [2.24, 2.45) is 5.92 Å². The summed E-state index contributed by atoms with van der Waals surface area (Å²) in [6, 6.07) is 0. The molecule has 2 aliphatic rings.